The minimum atomic E-state index is -0.929. The molecule has 8 heteroatoms. The van der Waals surface area contributed by atoms with Crippen LogP contribution in [0.1, 0.15) is 54.4 Å². The van der Waals surface area contributed by atoms with Crippen LogP contribution >= 0.6 is 0 Å². The lowest BCUT2D eigenvalue weighted by molar-refractivity contribution is -0.137. The number of aliphatic carboxylic acids is 1. The highest BCUT2D eigenvalue weighted by Crippen LogP contribution is 2.34. The van der Waals surface area contributed by atoms with E-state index in [1.54, 1.807) is 38.6 Å². The van der Waals surface area contributed by atoms with Crippen LogP contribution < -0.4 is 10.1 Å². The maximum absolute atomic E-state index is 12.6. The van der Waals surface area contributed by atoms with Gasteiger partial charge in [0.05, 0.1) is 19.6 Å². The van der Waals surface area contributed by atoms with Crippen molar-refractivity contribution in [2.45, 2.75) is 39.7 Å². The number of carboxylic acid groups (broad SMARTS) is 1. The second-order valence-electron chi connectivity index (χ2n) is 8.99. The van der Waals surface area contributed by atoms with Crippen LogP contribution in [0.4, 0.5) is 5.69 Å². The monoisotopic (exact) mass is 479 g/mol. The smallest absolute Gasteiger partial charge is 0.305 e. The number of carbonyl (C=O) groups is 2. The summed E-state index contributed by atoms with van der Waals surface area (Å²) >= 11 is 0. The third kappa shape index (κ3) is 6.85. The van der Waals surface area contributed by atoms with Crippen LogP contribution in [0.25, 0.3) is 11.3 Å². The molecule has 1 aromatic carbocycles. The van der Waals surface area contributed by atoms with Crippen molar-refractivity contribution >= 4 is 17.6 Å². The number of amides is 1. The molecule has 0 aliphatic carbocycles. The molecule has 0 saturated heterocycles. The number of aromatic nitrogens is 1. The molecular formula is C27H33N3O5. The summed E-state index contributed by atoms with van der Waals surface area (Å²) in [5.41, 5.74) is 3.34. The average Bonchev–Trinajstić information content (AvgIpc) is 3.23. The number of nitrogens with one attached hydrogen (secondary N) is 1. The molecule has 0 aliphatic rings. The number of methoxy groups -OCH3 is 1. The molecule has 2 heterocycles. The molecule has 0 aliphatic heterocycles. The Morgan fingerprint density at radius 3 is 2.46 bits per heavy atom. The summed E-state index contributed by atoms with van der Waals surface area (Å²) in [5.74, 6) is 1.43. The van der Waals surface area contributed by atoms with Gasteiger partial charge < -0.3 is 24.5 Å². The Balaban J connectivity index is 1.77. The number of anilines is 1. The first-order valence-corrected chi connectivity index (χ1v) is 11.6. The van der Waals surface area contributed by atoms with Gasteiger partial charge in [0.1, 0.15) is 11.5 Å². The highest BCUT2D eigenvalue weighted by atomic mass is 16.5. The van der Waals surface area contributed by atoms with Crippen molar-refractivity contribution in [3.05, 3.63) is 65.5 Å². The molecule has 2 N–H and O–H groups in total. The van der Waals surface area contributed by atoms with Gasteiger partial charge in [-0.25, -0.2) is 4.98 Å². The van der Waals surface area contributed by atoms with Crippen LogP contribution in [0.3, 0.4) is 0 Å². The SMILES string of the molecule is COc1ccc(-c2cc(C(CC(C)C)Nc3ccc(C(=O)N(C)CCC(=O)O)cc3)c(C)o2)cn1. The molecule has 0 bridgehead atoms. The van der Waals surface area contributed by atoms with Gasteiger partial charge in [-0.05, 0) is 55.7 Å². The van der Waals surface area contributed by atoms with Crippen molar-refractivity contribution in [3.8, 4) is 17.2 Å². The number of ether oxygens (including phenoxy) is 1. The summed E-state index contributed by atoms with van der Waals surface area (Å²) in [4.78, 5) is 29.0. The summed E-state index contributed by atoms with van der Waals surface area (Å²) < 4.78 is 11.2. The van der Waals surface area contributed by atoms with E-state index < -0.39 is 5.97 Å². The Bertz CT molecular complexity index is 1140. The zero-order chi connectivity index (χ0) is 25.5. The zero-order valence-corrected chi connectivity index (χ0v) is 20.9. The number of hydrogen-bond acceptors (Lipinski definition) is 6. The number of rotatable bonds is 11. The van der Waals surface area contributed by atoms with Crippen LogP contribution in [-0.4, -0.2) is 47.6 Å². The van der Waals surface area contributed by atoms with Crippen LogP contribution in [-0.2, 0) is 4.79 Å². The largest absolute Gasteiger partial charge is 0.481 e. The zero-order valence-electron chi connectivity index (χ0n) is 20.9. The van der Waals surface area contributed by atoms with Crippen molar-refractivity contribution in [2.24, 2.45) is 5.92 Å². The van der Waals surface area contributed by atoms with Crippen molar-refractivity contribution in [1.82, 2.24) is 9.88 Å². The Labute approximate surface area is 205 Å². The van der Waals surface area contributed by atoms with Gasteiger partial charge in [0.2, 0.25) is 5.88 Å². The van der Waals surface area contributed by atoms with E-state index in [-0.39, 0.29) is 24.9 Å². The maximum atomic E-state index is 12.6. The van der Waals surface area contributed by atoms with Gasteiger partial charge in [-0.15, -0.1) is 0 Å². The minimum Gasteiger partial charge on any atom is -0.481 e. The van der Waals surface area contributed by atoms with Gasteiger partial charge in [-0.2, -0.15) is 0 Å². The third-order valence-corrected chi connectivity index (χ3v) is 5.75. The molecule has 1 amide bonds. The maximum Gasteiger partial charge on any atom is 0.305 e. The minimum absolute atomic E-state index is 0.0125. The lowest BCUT2D eigenvalue weighted by atomic mass is 9.96. The van der Waals surface area contributed by atoms with Crippen molar-refractivity contribution < 1.29 is 23.8 Å². The first kappa shape index (κ1) is 25.8. The Morgan fingerprint density at radius 2 is 1.89 bits per heavy atom. The van der Waals surface area contributed by atoms with Gasteiger partial charge in [0.25, 0.3) is 5.91 Å². The number of aryl methyl sites for hydroxylation is 1. The highest BCUT2D eigenvalue weighted by molar-refractivity contribution is 5.94. The fourth-order valence-corrected chi connectivity index (χ4v) is 3.86. The van der Waals surface area contributed by atoms with Gasteiger partial charge in [-0.1, -0.05) is 13.8 Å². The fraction of sp³-hybridized carbons (Fsp3) is 0.370. The molecule has 0 radical (unpaired) electrons. The van der Waals surface area contributed by atoms with Crippen molar-refractivity contribution in [2.75, 3.05) is 26.0 Å². The number of nitrogens with zero attached hydrogens (tertiary/aromatic N) is 2. The predicted molar refractivity (Wildman–Crippen MR) is 135 cm³/mol. The van der Waals surface area contributed by atoms with E-state index in [4.69, 9.17) is 14.3 Å². The molecule has 3 aromatic rings. The highest BCUT2D eigenvalue weighted by Gasteiger charge is 2.21. The van der Waals surface area contributed by atoms with Gasteiger partial charge in [0.15, 0.2) is 0 Å². The first-order chi connectivity index (χ1) is 16.7. The molecule has 0 fully saturated rings. The standard InChI is InChI=1S/C27H33N3O5/c1-17(2)14-23(22-15-24(35-18(22)3)20-8-11-25(34-5)28-16-20)29-21-9-6-19(7-10-21)27(33)30(4)13-12-26(31)32/h6-11,15-17,23,29H,12-14H2,1-5H3,(H,31,32). The van der Waals surface area contributed by atoms with E-state index in [1.807, 2.05) is 31.2 Å². The van der Waals surface area contributed by atoms with Gasteiger partial charge in [0, 0.05) is 48.2 Å². The Hall–Kier alpha value is -3.81. The second-order valence-corrected chi connectivity index (χ2v) is 8.99. The number of benzene rings is 1. The summed E-state index contributed by atoms with van der Waals surface area (Å²) in [6, 6.07) is 13.0. The lowest BCUT2D eigenvalue weighted by Gasteiger charge is -2.22. The van der Waals surface area contributed by atoms with Crippen LogP contribution in [0, 0.1) is 12.8 Å². The Kier molecular flexibility index (Phi) is 8.52. The number of furan rings is 1. The summed E-state index contributed by atoms with van der Waals surface area (Å²) in [6.45, 7) is 6.47. The number of carbonyl (C=O) groups excluding carboxylic acids is 1. The fourth-order valence-electron chi connectivity index (χ4n) is 3.86. The summed E-state index contributed by atoms with van der Waals surface area (Å²) in [7, 11) is 3.19. The van der Waals surface area contributed by atoms with Crippen LogP contribution in [0.5, 0.6) is 5.88 Å². The molecule has 186 valence electrons. The lowest BCUT2D eigenvalue weighted by Crippen LogP contribution is -2.29. The average molecular weight is 480 g/mol. The van der Waals surface area contributed by atoms with Gasteiger partial charge >= 0.3 is 5.97 Å². The predicted octanol–water partition coefficient (Wildman–Crippen LogP) is 5.40. The molecule has 3 rings (SSSR count). The van der Waals surface area contributed by atoms with Crippen LogP contribution in [0.15, 0.2) is 53.1 Å². The summed E-state index contributed by atoms with van der Waals surface area (Å²) in [5, 5.41) is 12.4. The molecule has 0 saturated carbocycles. The van der Waals surface area contributed by atoms with E-state index >= 15 is 0 Å². The molecule has 35 heavy (non-hydrogen) atoms. The topological polar surface area (TPSA) is 105 Å². The number of pyridine rings is 1. The van der Waals surface area contributed by atoms with Crippen molar-refractivity contribution in [3.63, 3.8) is 0 Å². The summed E-state index contributed by atoms with van der Waals surface area (Å²) in [6.07, 6.45) is 2.53. The molecule has 2 aromatic heterocycles. The van der Waals surface area contributed by atoms with E-state index in [2.05, 4.69) is 24.1 Å². The van der Waals surface area contributed by atoms with E-state index in [1.165, 1.54) is 4.90 Å². The normalized spacial score (nSPS) is 11.8. The van der Waals surface area contributed by atoms with E-state index in [9.17, 15) is 9.59 Å². The molecule has 8 nitrogen and oxygen atoms in total. The van der Waals surface area contributed by atoms with Crippen LogP contribution in [0.2, 0.25) is 0 Å². The molecular weight excluding hydrogens is 446 g/mol. The number of carboxylic acids is 1. The van der Waals surface area contributed by atoms with Crippen molar-refractivity contribution in [1.29, 1.82) is 0 Å². The quantitative estimate of drug-likeness (QED) is 0.379. The third-order valence-electron chi connectivity index (χ3n) is 5.75. The second kappa shape index (κ2) is 11.6. The molecule has 0 spiro atoms. The van der Waals surface area contributed by atoms with E-state index in [0.29, 0.717) is 17.4 Å². The van der Waals surface area contributed by atoms with E-state index in [0.717, 1.165) is 34.8 Å². The Morgan fingerprint density at radius 1 is 1.17 bits per heavy atom. The van der Waals surface area contributed by atoms with Gasteiger partial charge in [-0.3, -0.25) is 9.59 Å². The molecule has 1 unspecified atom stereocenters. The molecule has 1 atom stereocenters. The first-order valence-electron chi connectivity index (χ1n) is 11.6. The number of hydrogen-bond donors (Lipinski definition) is 2.